The van der Waals surface area contributed by atoms with E-state index in [-0.39, 0.29) is 0 Å². The Kier molecular flexibility index (Phi) is 4.36. The van der Waals surface area contributed by atoms with E-state index in [1.807, 2.05) is 0 Å². The van der Waals surface area contributed by atoms with Gasteiger partial charge in [-0.25, -0.2) is 0 Å². The molecule has 1 aliphatic rings. The van der Waals surface area contributed by atoms with Crippen molar-refractivity contribution in [1.82, 2.24) is 0 Å². The van der Waals surface area contributed by atoms with E-state index in [1.54, 1.807) is 0 Å². The van der Waals surface area contributed by atoms with Crippen molar-refractivity contribution in [2.75, 3.05) is 0 Å². The molecule has 0 saturated heterocycles. The fraction of sp³-hybridized carbons (Fsp3) is 0.562. The van der Waals surface area contributed by atoms with Crippen LogP contribution in [-0.4, -0.2) is 6.29 Å². The molecule has 1 fully saturated rings. The molecule has 17 heavy (non-hydrogen) atoms. The summed E-state index contributed by atoms with van der Waals surface area (Å²) in [5.74, 6) is 1.68. The number of hydrogen-bond acceptors (Lipinski definition) is 1. The van der Waals surface area contributed by atoms with Crippen molar-refractivity contribution in [3.63, 3.8) is 0 Å². The van der Waals surface area contributed by atoms with Gasteiger partial charge in [0.1, 0.15) is 6.29 Å². The average molecular weight is 230 g/mol. The predicted octanol–water partition coefficient (Wildman–Crippen LogP) is 4.11. The summed E-state index contributed by atoms with van der Waals surface area (Å²) in [6, 6.07) is 8.91. The zero-order chi connectivity index (χ0) is 12.1. The topological polar surface area (TPSA) is 17.1 Å². The van der Waals surface area contributed by atoms with E-state index < -0.39 is 0 Å². The first-order valence-corrected chi connectivity index (χ1v) is 6.82. The van der Waals surface area contributed by atoms with Gasteiger partial charge in [0.15, 0.2) is 0 Å². The smallest absolute Gasteiger partial charge is 0.120 e. The Hall–Kier alpha value is -1.11. The van der Waals surface area contributed by atoms with E-state index in [1.165, 1.54) is 36.8 Å². The summed E-state index contributed by atoms with van der Waals surface area (Å²) >= 11 is 0. The Morgan fingerprint density at radius 3 is 2.35 bits per heavy atom. The summed E-state index contributed by atoms with van der Waals surface area (Å²) in [5, 5.41) is 0. The molecule has 0 unspecified atom stereocenters. The van der Waals surface area contributed by atoms with Gasteiger partial charge in [0.05, 0.1) is 0 Å². The molecule has 1 aromatic rings. The summed E-state index contributed by atoms with van der Waals surface area (Å²) < 4.78 is 0. The molecule has 1 heteroatoms. The first-order valence-electron chi connectivity index (χ1n) is 6.82. The zero-order valence-electron chi connectivity index (χ0n) is 10.7. The highest BCUT2D eigenvalue weighted by molar-refractivity contribution is 5.50. The van der Waals surface area contributed by atoms with Gasteiger partial charge in [0.2, 0.25) is 0 Å². The van der Waals surface area contributed by atoms with Gasteiger partial charge in [-0.2, -0.15) is 0 Å². The van der Waals surface area contributed by atoms with Crippen LogP contribution in [0.25, 0.3) is 0 Å². The first kappa shape index (κ1) is 12.3. The van der Waals surface area contributed by atoms with Gasteiger partial charge in [-0.15, -0.1) is 0 Å². The molecule has 1 nitrogen and oxygen atoms in total. The lowest BCUT2D eigenvalue weighted by molar-refractivity contribution is -0.107. The van der Waals surface area contributed by atoms with Crippen LogP contribution in [0.3, 0.4) is 0 Å². The van der Waals surface area contributed by atoms with Crippen LogP contribution in [0, 0.1) is 5.92 Å². The Balaban J connectivity index is 1.95. The molecule has 2 rings (SSSR count). The number of carbonyl (C=O) groups is 1. The van der Waals surface area contributed by atoms with Crippen LogP contribution < -0.4 is 0 Å². The van der Waals surface area contributed by atoms with Crippen molar-refractivity contribution in [1.29, 1.82) is 0 Å². The third-order valence-electron chi connectivity index (χ3n) is 4.02. The second-order valence-electron chi connectivity index (χ2n) is 5.40. The van der Waals surface area contributed by atoms with Crippen LogP contribution in [0.2, 0.25) is 0 Å². The summed E-state index contributed by atoms with van der Waals surface area (Å²) in [4.78, 5) is 10.3. The highest BCUT2D eigenvalue weighted by Crippen LogP contribution is 2.35. The molecule has 0 radical (unpaired) electrons. The largest absolute Gasteiger partial charge is 0.303 e. The summed E-state index contributed by atoms with van der Waals surface area (Å²) in [5.41, 5.74) is 2.77. The number of hydrogen-bond donors (Lipinski definition) is 0. The lowest BCUT2D eigenvalue weighted by Crippen LogP contribution is -2.10. The molecule has 0 bridgehead atoms. The molecule has 1 aromatic carbocycles. The fourth-order valence-corrected chi connectivity index (χ4v) is 2.78. The molecular weight excluding hydrogens is 208 g/mol. The van der Waals surface area contributed by atoms with Crippen molar-refractivity contribution in [2.24, 2.45) is 5.92 Å². The number of rotatable bonds is 4. The van der Waals surface area contributed by atoms with Crippen molar-refractivity contribution < 1.29 is 4.79 Å². The number of aryl methyl sites for hydroxylation is 1. The average Bonchev–Trinajstić information content (AvgIpc) is 2.38. The molecule has 0 aliphatic heterocycles. The van der Waals surface area contributed by atoms with Crippen LogP contribution in [0.5, 0.6) is 0 Å². The van der Waals surface area contributed by atoms with E-state index in [9.17, 15) is 4.79 Å². The minimum absolute atomic E-state index is 0.639. The molecule has 0 atom stereocenters. The van der Waals surface area contributed by atoms with E-state index in [0.717, 1.165) is 24.5 Å². The van der Waals surface area contributed by atoms with Crippen molar-refractivity contribution in [3.05, 3.63) is 35.4 Å². The molecule has 0 spiro atoms. The van der Waals surface area contributed by atoms with Gasteiger partial charge in [-0.1, -0.05) is 44.0 Å². The molecule has 0 amide bonds. The zero-order valence-corrected chi connectivity index (χ0v) is 10.7. The van der Waals surface area contributed by atoms with Crippen molar-refractivity contribution in [2.45, 2.75) is 51.4 Å². The summed E-state index contributed by atoms with van der Waals surface area (Å²) in [7, 11) is 0. The lowest BCUT2D eigenvalue weighted by atomic mass is 9.79. The lowest BCUT2D eigenvalue weighted by Gasteiger charge is -2.26. The van der Waals surface area contributed by atoms with Gasteiger partial charge in [0, 0.05) is 6.42 Å². The summed E-state index contributed by atoms with van der Waals surface area (Å²) in [6.45, 7) is 2.36. The second kappa shape index (κ2) is 6.00. The quantitative estimate of drug-likeness (QED) is 0.711. The van der Waals surface area contributed by atoms with Crippen LogP contribution in [0.15, 0.2) is 24.3 Å². The molecule has 1 aliphatic carbocycles. The standard InChI is InChI=1S/C16H22O/c1-13-4-8-15(9-5-13)16-10-6-14(7-11-16)3-2-12-17/h6-7,10-13,15H,2-5,8-9H2,1H3. The number of carbonyl (C=O) groups excluding carboxylic acids is 1. The number of benzene rings is 1. The van der Waals surface area contributed by atoms with Crippen LogP contribution in [-0.2, 0) is 11.2 Å². The predicted molar refractivity (Wildman–Crippen MR) is 71.2 cm³/mol. The summed E-state index contributed by atoms with van der Waals surface area (Å²) in [6.07, 6.45) is 7.95. The molecule has 92 valence electrons. The van der Waals surface area contributed by atoms with Gasteiger partial charge < -0.3 is 4.79 Å². The molecule has 0 heterocycles. The van der Waals surface area contributed by atoms with Gasteiger partial charge >= 0.3 is 0 Å². The normalized spacial score (nSPS) is 24.5. The minimum Gasteiger partial charge on any atom is -0.303 e. The third kappa shape index (κ3) is 3.42. The van der Waals surface area contributed by atoms with Crippen molar-refractivity contribution >= 4 is 6.29 Å². The Morgan fingerprint density at radius 2 is 1.76 bits per heavy atom. The molecular formula is C16H22O. The van der Waals surface area contributed by atoms with E-state index in [2.05, 4.69) is 31.2 Å². The van der Waals surface area contributed by atoms with Gasteiger partial charge in [0.25, 0.3) is 0 Å². The maximum Gasteiger partial charge on any atom is 0.120 e. The van der Waals surface area contributed by atoms with E-state index in [4.69, 9.17) is 0 Å². The Bertz CT molecular complexity index is 344. The van der Waals surface area contributed by atoms with Crippen LogP contribution in [0.1, 0.15) is 56.1 Å². The third-order valence-corrected chi connectivity index (χ3v) is 4.02. The number of aldehydes is 1. The first-order chi connectivity index (χ1) is 8.29. The second-order valence-corrected chi connectivity index (χ2v) is 5.40. The molecule has 0 N–H and O–H groups in total. The van der Waals surface area contributed by atoms with E-state index >= 15 is 0 Å². The maximum absolute atomic E-state index is 10.3. The van der Waals surface area contributed by atoms with Gasteiger partial charge in [-0.05, 0) is 42.2 Å². The SMILES string of the molecule is CC1CCC(c2ccc(CCC=O)cc2)CC1. The highest BCUT2D eigenvalue weighted by Gasteiger charge is 2.19. The maximum atomic E-state index is 10.3. The monoisotopic (exact) mass is 230 g/mol. The minimum atomic E-state index is 0.639. The highest BCUT2D eigenvalue weighted by atomic mass is 16.1. The molecule has 1 saturated carbocycles. The van der Waals surface area contributed by atoms with Crippen molar-refractivity contribution in [3.8, 4) is 0 Å². The van der Waals surface area contributed by atoms with Crippen LogP contribution in [0.4, 0.5) is 0 Å². The molecule has 0 aromatic heterocycles. The van der Waals surface area contributed by atoms with Gasteiger partial charge in [-0.3, -0.25) is 0 Å². The Labute approximate surface area is 104 Å². The van der Waals surface area contributed by atoms with E-state index in [0.29, 0.717) is 6.42 Å². The Morgan fingerprint density at radius 1 is 1.12 bits per heavy atom. The van der Waals surface area contributed by atoms with Crippen LogP contribution >= 0.6 is 0 Å². The fourth-order valence-electron chi connectivity index (χ4n) is 2.78.